The van der Waals surface area contributed by atoms with Crippen LogP contribution in [0.5, 0.6) is 0 Å². The molecule has 144 valence electrons. The Balaban J connectivity index is 1.66. The van der Waals surface area contributed by atoms with Crippen LogP contribution in [0.4, 0.5) is 0 Å². The van der Waals surface area contributed by atoms with Crippen LogP contribution in [0.3, 0.4) is 0 Å². The van der Waals surface area contributed by atoms with E-state index >= 15 is 0 Å². The lowest BCUT2D eigenvalue weighted by Gasteiger charge is -2.20. The van der Waals surface area contributed by atoms with Crippen molar-refractivity contribution in [2.75, 3.05) is 27.2 Å². The number of thiophene rings is 1. The van der Waals surface area contributed by atoms with Gasteiger partial charge in [0, 0.05) is 35.4 Å². The fraction of sp³-hybridized carbons (Fsp3) is 0.400. The summed E-state index contributed by atoms with van der Waals surface area (Å²) in [5.41, 5.74) is 1.47. The highest BCUT2D eigenvalue weighted by Gasteiger charge is 2.45. The van der Waals surface area contributed by atoms with Crippen molar-refractivity contribution < 1.29 is 4.79 Å². The number of amides is 1. The number of aliphatic imine (C=N–C) groups is 1. The largest absolute Gasteiger partial charge is 0.355 e. The molecule has 1 saturated carbocycles. The van der Waals surface area contributed by atoms with Gasteiger partial charge in [-0.15, -0.1) is 11.3 Å². The highest BCUT2D eigenvalue weighted by atomic mass is 79.9. The van der Waals surface area contributed by atoms with Gasteiger partial charge in [-0.25, -0.2) is 4.99 Å². The van der Waals surface area contributed by atoms with Crippen molar-refractivity contribution in [3.05, 3.63) is 56.7 Å². The molecule has 0 unspecified atom stereocenters. The van der Waals surface area contributed by atoms with Gasteiger partial charge in [0.05, 0.1) is 6.54 Å². The Morgan fingerprint density at radius 3 is 2.63 bits per heavy atom. The average Bonchev–Trinajstić information content (AvgIpc) is 3.25. The summed E-state index contributed by atoms with van der Waals surface area (Å²) < 4.78 is 1.15. The van der Waals surface area contributed by atoms with E-state index in [4.69, 9.17) is 0 Å². The molecule has 1 aliphatic carbocycles. The highest BCUT2D eigenvalue weighted by molar-refractivity contribution is 9.10. The van der Waals surface area contributed by atoms with Gasteiger partial charge in [-0.2, -0.15) is 0 Å². The molecule has 1 amide bonds. The van der Waals surface area contributed by atoms with Gasteiger partial charge in [0.25, 0.3) is 0 Å². The molecule has 0 radical (unpaired) electrons. The molecule has 1 heterocycles. The Morgan fingerprint density at radius 1 is 1.22 bits per heavy atom. The van der Waals surface area contributed by atoms with Crippen LogP contribution in [-0.2, 0) is 16.8 Å². The van der Waals surface area contributed by atoms with E-state index in [9.17, 15) is 4.79 Å². The van der Waals surface area contributed by atoms with Gasteiger partial charge in [-0.1, -0.05) is 40.2 Å². The molecular formula is C20H25BrN4OS. The molecule has 1 aromatic carbocycles. The number of nitrogens with zero attached hydrogens (tertiary/aromatic N) is 2. The molecule has 1 fully saturated rings. The van der Waals surface area contributed by atoms with Crippen molar-refractivity contribution in [1.82, 2.24) is 15.5 Å². The van der Waals surface area contributed by atoms with Crippen molar-refractivity contribution in [2.45, 2.75) is 24.8 Å². The van der Waals surface area contributed by atoms with Gasteiger partial charge in [0.2, 0.25) is 5.91 Å². The predicted molar refractivity (Wildman–Crippen MR) is 115 cm³/mol. The second-order valence-electron chi connectivity index (χ2n) is 7.00. The molecule has 1 aromatic heterocycles. The Kier molecular flexibility index (Phi) is 6.55. The third-order valence-electron chi connectivity index (χ3n) is 4.77. The van der Waals surface area contributed by atoms with Crippen LogP contribution in [0.25, 0.3) is 0 Å². The van der Waals surface area contributed by atoms with Crippen molar-refractivity contribution in [1.29, 1.82) is 0 Å². The summed E-state index contributed by atoms with van der Waals surface area (Å²) >= 11 is 5.38. The second kappa shape index (κ2) is 8.89. The number of likely N-dealkylation sites (N-methyl/N-ethyl adjacent to an activating group) is 1. The molecule has 5 nitrogen and oxygen atoms in total. The lowest BCUT2D eigenvalue weighted by Crippen LogP contribution is -2.41. The number of hydrogen-bond acceptors (Lipinski definition) is 3. The second-order valence-corrected chi connectivity index (χ2v) is 8.89. The summed E-state index contributed by atoms with van der Waals surface area (Å²) in [6.45, 7) is 1.62. The van der Waals surface area contributed by atoms with Crippen molar-refractivity contribution >= 4 is 39.1 Å². The number of carbonyl (C=O) groups is 1. The van der Waals surface area contributed by atoms with Gasteiger partial charge in [-0.05, 0) is 35.9 Å². The van der Waals surface area contributed by atoms with Gasteiger partial charge in [-0.3, -0.25) is 4.79 Å². The first-order valence-electron chi connectivity index (χ1n) is 9.00. The quantitative estimate of drug-likeness (QED) is 0.504. The molecule has 2 aromatic rings. The molecule has 0 saturated heterocycles. The summed E-state index contributed by atoms with van der Waals surface area (Å²) in [5.74, 6) is 0.663. The molecule has 0 bridgehead atoms. The number of benzene rings is 1. The molecule has 0 aliphatic heterocycles. The number of rotatable bonds is 7. The molecule has 0 atom stereocenters. The molecular weight excluding hydrogens is 424 g/mol. The van der Waals surface area contributed by atoms with E-state index in [1.165, 1.54) is 10.4 Å². The van der Waals surface area contributed by atoms with E-state index < -0.39 is 0 Å². The Hall–Kier alpha value is -1.86. The summed E-state index contributed by atoms with van der Waals surface area (Å²) in [7, 11) is 3.49. The first kappa shape index (κ1) is 19.9. The zero-order valence-corrected chi connectivity index (χ0v) is 18.1. The Morgan fingerprint density at radius 2 is 2.00 bits per heavy atom. The summed E-state index contributed by atoms with van der Waals surface area (Å²) in [6, 6.07) is 12.5. The lowest BCUT2D eigenvalue weighted by molar-refractivity contribution is -0.127. The molecule has 3 rings (SSSR count). The van der Waals surface area contributed by atoms with Crippen LogP contribution >= 0.6 is 27.3 Å². The maximum atomic E-state index is 11.9. The lowest BCUT2D eigenvalue weighted by atomic mass is 9.96. The first-order valence-corrected chi connectivity index (χ1v) is 10.7. The van der Waals surface area contributed by atoms with Crippen LogP contribution < -0.4 is 10.6 Å². The smallest absolute Gasteiger partial charge is 0.243 e. The topological polar surface area (TPSA) is 56.7 Å². The summed E-state index contributed by atoms with van der Waals surface area (Å²) in [5, 5.41) is 8.87. The maximum absolute atomic E-state index is 11.9. The molecule has 0 spiro atoms. The predicted octanol–water partition coefficient (Wildman–Crippen LogP) is 3.37. The molecule has 1 aliphatic rings. The average molecular weight is 449 g/mol. The van der Waals surface area contributed by atoms with E-state index in [1.54, 1.807) is 30.3 Å². The van der Waals surface area contributed by atoms with Gasteiger partial charge < -0.3 is 15.5 Å². The van der Waals surface area contributed by atoms with Crippen LogP contribution in [0.2, 0.25) is 0 Å². The standard InChI is InChI=1S/C20H25BrN4OS/c1-25(2)18(26)13-23-19(22-12-15-6-5-11-27-15)24-14-20(9-10-20)16-7-3-4-8-17(16)21/h3-8,11H,9-10,12-14H2,1-2H3,(H2,22,23,24). The number of nitrogens with one attached hydrogen (secondary N) is 2. The van der Waals surface area contributed by atoms with Crippen LogP contribution in [0.15, 0.2) is 51.2 Å². The third-order valence-corrected chi connectivity index (χ3v) is 6.34. The SMILES string of the molecule is CN(C)C(=O)CN=C(NCc1cccs1)NCC1(c2ccccc2Br)CC1. The number of carbonyl (C=O) groups excluding carboxylic acids is 1. The van der Waals surface area contributed by atoms with E-state index in [2.05, 4.69) is 61.2 Å². The Labute approximate surface area is 173 Å². The van der Waals surface area contributed by atoms with E-state index in [0.717, 1.165) is 23.9 Å². The van der Waals surface area contributed by atoms with Crippen LogP contribution in [0, 0.1) is 0 Å². The number of hydrogen-bond donors (Lipinski definition) is 2. The van der Waals surface area contributed by atoms with Crippen LogP contribution in [0.1, 0.15) is 23.3 Å². The molecule has 2 N–H and O–H groups in total. The van der Waals surface area contributed by atoms with E-state index in [0.29, 0.717) is 12.5 Å². The van der Waals surface area contributed by atoms with Gasteiger partial charge >= 0.3 is 0 Å². The van der Waals surface area contributed by atoms with Gasteiger partial charge in [0.15, 0.2) is 5.96 Å². The number of guanidine groups is 1. The van der Waals surface area contributed by atoms with Crippen molar-refractivity contribution in [3.8, 4) is 0 Å². The van der Waals surface area contributed by atoms with Crippen molar-refractivity contribution in [3.63, 3.8) is 0 Å². The minimum atomic E-state index is -0.0147. The first-order chi connectivity index (χ1) is 13.0. The minimum absolute atomic E-state index is 0.0147. The summed E-state index contributed by atoms with van der Waals surface area (Å²) in [6.07, 6.45) is 2.30. The fourth-order valence-corrected chi connectivity index (χ4v) is 4.23. The normalized spacial score (nSPS) is 15.3. The van der Waals surface area contributed by atoms with Gasteiger partial charge in [0.1, 0.15) is 6.54 Å². The fourth-order valence-electron chi connectivity index (χ4n) is 2.88. The van der Waals surface area contributed by atoms with E-state index in [1.807, 2.05) is 12.1 Å². The zero-order chi connectivity index (χ0) is 19.3. The third kappa shape index (κ3) is 5.32. The van der Waals surface area contributed by atoms with E-state index in [-0.39, 0.29) is 17.9 Å². The summed E-state index contributed by atoms with van der Waals surface area (Å²) in [4.78, 5) is 19.2. The Bertz CT molecular complexity index is 800. The van der Waals surface area contributed by atoms with Crippen LogP contribution in [-0.4, -0.2) is 44.0 Å². The molecule has 27 heavy (non-hydrogen) atoms. The maximum Gasteiger partial charge on any atom is 0.243 e. The minimum Gasteiger partial charge on any atom is -0.355 e. The zero-order valence-electron chi connectivity index (χ0n) is 15.7. The number of halogens is 1. The monoisotopic (exact) mass is 448 g/mol. The van der Waals surface area contributed by atoms with Crippen molar-refractivity contribution in [2.24, 2.45) is 4.99 Å². The molecule has 7 heteroatoms. The highest BCUT2D eigenvalue weighted by Crippen LogP contribution is 2.49.